The molecule has 0 saturated carbocycles. The van der Waals surface area contributed by atoms with E-state index < -0.39 is 5.97 Å². The molecule has 94 valence electrons. The van der Waals surface area contributed by atoms with Crippen LogP contribution in [-0.2, 0) is 4.74 Å². The van der Waals surface area contributed by atoms with Gasteiger partial charge in [0.05, 0.1) is 17.2 Å². The number of hydrogen-bond donors (Lipinski definition) is 2. The van der Waals surface area contributed by atoms with Gasteiger partial charge in [-0.1, -0.05) is 18.5 Å². The number of methoxy groups -OCH3 is 1. The van der Waals surface area contributed by atoms with Crippen molar-refractivity contribution in [2.45, 2.75) is 19.4 Å². The number of hydrogen-bond acceptors (Lipinski definition) is 3. The van der Waals surface area contributed by atoms with Crippen molar-refractivity contribution in [2.24, 2.45) is 0 Å². The number of carbonyl (C=O) groups is 1. The lowest BCUT2D eigenvalue weighted by molar-refractivity contribution is 0.0697. The second kappa shape index (κ2) is 6.47. The zero-order chi connectivity index (χ0) is 12.8. The number of nitrogens with one attached hydrogen (secondary N) is 1. The topological polar surface area (TPSA) is 58.6 Å². The highest BCUT2D eigenvalue weighted by atomic mass is 35.5. The van der Waals surface area contributed by atoms with Gasteiger partial charge in [0.25, 0.3) is 0 Å². The molecule has 0 aromatic heterocycles. The van der Waals surface area contributed by atoms with Crippen molar-refractivity contribution in [3.8, 4) is 0 Å². The van der Waals surface area contributed by atoms with E-state index in [4.69, 9.17) is 21.4 Å². The van der Waals surface area contributed by atoms with Gasteiger partial charge in [-0.2, -0.15) is 0 Å². The zero-order valence-corrected chi connectivity index (χ0v) is 10.6. The van der Waals surface area contributed by atoms with Crippen LogP contribution in [0.3, 0.4) is 0 Å². The summed E-state index contributed by atoms with van der Waals surface area (Å²) in [6, 6.07) is 5.02. The quantitative estimate of drug-likeness (QED) is 0.823. The van der Waals surface area contributed by atoms with Crippen LogP contribution in [0, 0.1) is 0 Å². The van der Waals surface area contributed by atoms with Crippen molar-refractivity contribution in [1.29, 1.82) is 0 Å². The minimum absolute atomic E-state index is 0.101. The van der Waals surface area contributed by atoms with Crippen LogP contribution in [0.15, 0.2) is 18.2 Å². The van der Waals surface area contributed by atoms with Crippen molar-refractivity contribution in [2.75, 3.05) is 19.0 Å². The maximum absolute atomic E-state index is 10.9. The van der Waals surface area contributed by atoms with Crippen LogP contribution >= 0.6 is 11.6 Å². The van der Waals surface area contributed by atoms with Gasteiger partial charge >= 0.3 is 5.97 Å². The zero-order valence-electron chi connectivity index (χ0n) is 9.87. The molecule has 1 atom stereocenters. The monoisotopic (exact) mass is 257 g/mol. The fourth-order valence-electron chi connectivity index (χ4n) is 1.48. The summed E-state index contributed by atoms with van der Waals surface area (Å²) >= 11 is 5.79. The second-order valence-electron chi connectivity index (χ2n) is 3.70. The van der Waals surface area contributed by atoms with Crippen LogP contribution in [0.2, 0.25) is 5.02 Å². The van der Waals surface area contributed by atoms with Crippen LogP contribution in [0.1, 0.15) is 23.7 Å². The number of benzene rings is 1. The molecule has 0 aliphatic rings. The molecule has 0 spiro atoms. The summed E-state index contributed by atoms with van der Waals surface area (Å²) in [4.78, 5) is 10.9. The molecule has 1 aromatic rings. The maximum atomic E-state index is 10.9. The largest absolute Gasteiger partial charge is 0.478 e. The van der Waals surface area contributed by atoms with Gasteiger partial charge in [0, 0.05) is 18.8 Å². The Kier molecular flexibility index (Phi) is 5.25. The smallest absolute Gasteiger partial charge is 0.337 e. The third-order valence-electron chi connectivity index (χ3n) is 2.43. The van der Waals surface area contributed by atoms with E-state index in [0.29, 0.717) is 6.61 Å². The highest BCUT2D eigenvalue weighted by Gasteiger charge is 2.11. The first-order valence-corrected chi connectivity index (χ1v) is 5.74. The van der Waals surface area contributed by atoms with Crippen molar-refractivity contribution in [1.82, 2.24) is 0 Å². The predicted octanol–water partition coefficient (Wildman–Crippen LogP) is 2.88. The molecule has 0 aliphatic heterocycles. The molecule has 0 radical (unpaired) electrons. The lowest BCUT2D eigenvalue weighted by atomic mass is 10.1. The molecule has 5 heteroatoms. The van der Waals surface area contributed by atoms with Gasteiger partial charge in [-0.25, -0.2) is 4.79 Å². The van der Waals surface area contributed by atoms with Crippen LogP contribution in [0.5, 0.6) is 0 Å². The third-order valence-corrected chi connectivity index (χ3v) is 2.76. The van der Waals surface area contributed by atoms with Gasteiger partial charge in [-0.15, -0.1) is 0 Å². The van der Waals surface area contributed by atoms with Crippen LogP contribution in [0.25, 0.3) is 0 Å². The Balaban J connectivity index is 2.84. The third kappa shape index (κ3) is 3.91. The van der Waals surface area contributed by atoms with Crippen molar-refractivity contribution in [3.63, 3.8) is 0 Å². The molecule has 0 heterocycles. The van der Waals surface area contributed by atoms with E-state index in [9.17, 15) is 4.79 Å². The minimum Gasteiger partial charge on any atom is -0.478 e. The molecule has 0 saturated heterocycles. The molecule has 0 fully saturated rings. The Hall–Kier alpha value is -1.26. The Morgan fingerprint density at radius 2 is 2.29 bits per heavy atom. The summed E-state index contributed by atoms with van der Waals surface area (Å²) in [7, 11) is 1.63. The molecule has 1 rings (SSSR count). The summed E-state index contributed by atoms with van der Waals surface area (Å²) < 4.78 is 5.06. The Morgan fingerprint density at radius 3 is 2.82 bits per heavy atom. The number of carboxylic acids is 1. The summed E-state index contributed by atoms with van der Waals surface area (Å²) in [5.74, 6) is -1.03. The highest BCUT2D eigenvalue weighted by molar-refractivity contribution is 6.33. The SMILES string of the molecule is CCC(COC)Nc1ccc(Cl)c(C(=O)O)c1. The van der Waals surface area contributed by atoms with E-state index in [2.05, 4.69) is 5.32 Å². The summed E-state index contributed by atoms with van der Waals surface area (Å²) in [6.45, 7) is 2.60. The van der Waals surface area contributed by atoms with E-state index in [1.807, 2.05) is 6.92 Å². The maximum Gasteiger partial charge on any atom is 0.337 e. The fraction of sp³-hybridized carbons (Fsp3) is 0.417. The lowest BCUT2D eigenvalue weighted by Gasteiger charge is -2.17. The van der Waals surface area contributed by atoms with E-state index >= 15 is 0 Å². The number of rotatable bonds is 6. The molecular formula is C12H16ClNO3. The van der Waals surface area contributed by atoms with Gasteiger partial charge in [-0.05, 0) is 24.6 Å². The van der Waals surface area contributed by atoms with Crippen molar-refractivity contribution < 1.29 is 14.6 Å². The van der Waals surface area contributed by atoms with E-state index in [-0.39, 0.29) is 16.6 Å². The average molecular weight is 258 g/mol. The molecule has 0 aliphatic carbocycles. The molecule has 17 heavy (non-hydrogen) atoms. The number of anilines is 1. The molecular weight excluding hydrogens is 242 g/mol. The van der Waals surface area contributed by atoms with Crippen molar-refractivity contribution >= 4 is 23.3 Å². The van der Waals surface area contributed by atoms with Crippen LogP contribution in [0.4, 0.5) is 5.69 Å². The number of aromatic carboxylic acids is 1. The van der Waals surface area contributed by atoms with Crippen molar-refractivity contribution in [3.05, 3.63) is 28.8 Å². The Morgan fingerprint density at radius 1 is 1.59 bits per heavy atom. The van der Waals surface area contributed by atoms with Gasteiger partial charge in [0.15, 0.2) is 0 Å². The van der Waals surface area contributed by atoms with Crippen LogP contribution in [-0.4, -0.2) is 30.8 Å². The normalized spacial score (nSPS) is 12.2. The van der Waals surface area contributed by atoms with E-state index in [1.165, 1.54) is 6.07 Å². The molecule has 0 bridgehead atoms. The summed E-state index contributed by atoms with van der Waals surface area (Å²) in [5, 5.41) is 12.4. The second-order valence-corrected chi connectivity index (χ2v) is 4.11. The lowest BCUT2D eigenvalue weighted by Crippen LogP contribution is -2.24. The molecule has 4 nitrogen and oxygen atoms in total. The van der Waals surface area contributed by atoms with Gasteiger partial charge < -0.3 is 15.2 Å². The number of halogens is 1. The summed E-state index contributed by atoms with van der Waals surface area (Å²) in [5.41, 5.74) is 0.833. The van der Waals surface area contributed by atoms with E-state index in [0.717, 1.165) is 12.1 Å². The minimum atomic E-state index is -1.03. The molecule has 0 amide bonds. The average Bonchev–Trinajstić information content (AvgIpc) is 2.30. The van der Waals surface area contributed by atoms with Crippen LogP contribution < -0.4 is 5.32 Å². The highest BCUT2D eigenvalue weighted by Crippen LogP contribution is 2.21. The predicted molar refractivity (Wildman–Crippen MR) is 68.0 cm³/mol. The molecule has 1 aromatic carbocycles. The van der Waals surface area contributed by atoms with Gasteiger partial charge in [0.1, 0.15) is 0 Å². The summed E-state index contributed by atoms with van der Waals surface area (Å²) in [6.07, 6.45) is 0.888. The molecule has 1 unspecified atom stereocenters. The van der Waals surface area contributed by atoms with Gasteiger partial charge in [-0.3, -0.25) is 0 Å². The number of carboxylic acid groups (broad SMARTS) is 1. The van der Waals surface area contributed by atoms with E-state index in [1.54, 1.807) is 19.2 Å². The first kappa shape index (κ1) is 13.8. The first-order chi connectivity index (χ1) is 8.08. The van der Waals surface area contributed by atoms with Gasteiger partial charge in [0.2, 0.25) is 0 Å². The standard InChI is InChI=1S/C12H16ClNO3/c1-3-8(7-17-2)14-9-4-5-11(13)10(6-9)12(15)16/h4-6,8,14H,3,7H2,1-2H3,(H,15,16). The Bertz CT molecular complexity index is 395. The Labute approximate surface area is 106 Å². The first-order valence-electron chi connectivity index (χ1n) is 5.36. The number of ether oxygens (including phenoxy) is 1. The molecule has 2 N–H and O–H groups in total. The fourth-order valence-corrected chi connectivity index (χ4v) is 1.68.